The summed E-state index contributed by atoms with van der Waals surface area (Å²) in [5, 5.41) is 9.16. The number of rotatable bonds is 3. The molecule has 3 rings (SSSR count). The highest BCUT2D eigenvalue weighted by atomic mass is 16.5. The molecular formula is C17H15NO3. The number of hydrogen-bond acceptors (Lipinski definition) is 3. The van der Waals surface area contributed by atoms with E-state index in [1.165, 1.54) is 5.56 Å². The second kappa shape index (κ2) is 5.40. The minimum absolute atomic E-state index is 0.308. The van der Waals surface area contributed by atoms with Crippen LogP contribution in [0.15, 0.2) is 42.6 Å². The third-order valence-electron chi connectivity index (χ3n) is 3.67. The van der Waals surface area contributed by atoms with E-state index in [4.69, 9.17) is 9.84 Å². The first kappa shape index (κ1) is 13.4. The van der Waals surface area contributed by atoms with Crippen molar-refractivity contribution in [2.45, 2.75) is 12.8 Å². The van der Waals surface area contributed by atoms with Crippen molar-refractivity contribution in [3.05, 3.63) is 64.9 Å². The lowest BCUT2D eigenvalue weighted by atomic mass is 9.86. The standard InChI is InChI=1S/C17H15NO3/c1-21-16-8-7-13(10-18-16)14-4-2-3-11-5-6-12(17(19)20)9-15(11)14/h4-10H,2-3H2,1H3,(H,19,20). The monoisotopic (exact) mass is 281 g/mol. The summed E-state index contributed by atoms with van der Waals surface area (Å²) in [5.74, 6) is -0.342. The lowest BCUT2D eigenvalue weighted by Gasteiger charge is -2.18. The molecule has 1 heterocycles. The average molecular weight is 281 g/mol. The Balaban J connectivity index is 2.06. The summed E-state index contributed by atoms with van der Waals surface area (Å²) < 4.78 is 5.07. The summed E-state index contributed by atoms with van der Waals surface area (Å²) in [7, 11) is 1.58. The molecule has 0 fully saturated rings. The van der Waals surface area contributed by atoms with Crippen LogP contribution in [-0.4, -0.2) is 23.2 Å². The van der Waals surface area contributed by atoms with Crippen molar-refractivity contribution in [2.24, 2.45) is 0 Å². The van der Waals surface area contributed by atoms with Gasteiger partial charge < -0.3 is 9.84 Å². The first-order valence-corrected chi connectivity index (χ1v) is 6.76. The van der Waals surface area contributed by atoms with Crippen molar-refractivity contribution in [1.82, 2.24) is 4.98 Å². The maximum Gasteiger partial charge on any atom is 0.335 e. The third-order valence-corrected chi connectivity index (χ3v) is 3.67. The first-order valence-electron chi connectivity index (χ1n) is 6.76. The van der Waals surface area contributed by atoms with Crippen LogP contribution in [0.25, 0.3) is 5.57 Å². The van der Waals surface area contributed by atoms with E-state index in [0.29, 0.717) is 11.4 Å². The topological polar surface area (TPSA) is 59.4 Å². The van der Waals surface area contributed by atoms with E-state index >= 15 is 0 Å². The highest BCUT2D eigenvalue weighted by Crippen LogP contribution is 2.32. The Kier molecular flexibility index (Phi) is 3.44. The number of aromatic carboxylic acids is 1. The zero-order chi connectivity index (χ0) is 14.8. The van der Waals surface area contributed by atoms with Crippen LogP contribution in [0, 0.1) is 0 Å². The Bertz CT molecular complexity index is 717. The predicted octanol–water partition coefficient (Wildman–Crippen LogP) is 3.17. The Hall–Kier alpha value is -2.62. The number of hydrogen-bond donors (Lipinski definition) is 1. The number of nitrogens with zero attached hydrogens (tertiary/aromatic N) is 1. The van der Waals surface area contributed by atoms with Gasteiger partial charge >= 0.3 is 5.97 Å². The largest absolute Gasteiger partial charge is 0.481 e. The van der Waals surface area contributed by atoms with Gasteiger partial charge in [0.25, 0.3) is 0 Å². The molecule has 0 saturated carbocycles. The van der Waals surface area contributed by atoms with Crippen LogP contribution in [0.3, 0.4) is 0 Å². The molecule has 0 amide bonds. The molecule has 0 spiro atoms. The summed E-state index contributed by atoms with van der Waals surface area (Å²) in [6.07, 6.45) is 5.77. The van der Waals surface area contributed by atoms with Gasteiger partial charge in [-0.3, -0.25) is 0 Å². The molecule has 1 N–H and O–H groups in total. The van der Waals surface area contributed by atoms with E-state index in [1.807, 2.05) is 18.2 Å². The molecule has 0 aliphatic heterocycles. The van der Waals surface area contributed by atoms with Crippen LogP contribution in [-0.2, 0) is 6.42 Å². The van der Waals surface area contributed by atoms with Gasteiger partial charge in [0.15, 0.2) is 0 Å². The van der Waals surface area contributed by atoms with E-state index < -0.39 is 5.97 Å². The third kappa shape index (κ3) is 2.52. The number of carboxylic acids is 1. The summed E-state index contributed by atoms with van der Waals surface area (Å²) in [5.41, 5.74) is 4.47. The highest BCUT2D eigenvalue weighted by molar-refractivity contribution is 5.91. The molecule has 0 bridgehead atoms. The van der Waals surface area contributed by atoms with Gasteiger partial charge in [-0.1, -0.05) is 12.1 Å². The van der Waals surface area contributed by atoms with Crippen LogP contribution in [0.4, 0.5) is 0 Å². The van der Waals surface area contributed by atoms with Gasteiger partial charge in [0.2, 0.25) is 5.88 Å². The number of methoxy groups -OCH3 is 1. The van der Waals surface area contributed by atoms with Gasteiger partial charge in [0.1, 0.15) is 0 Å². The van der Waals surface area contributed by atoms with Crippen molar-refractivity contribution in [1.29, 1.82) is 0 Å². The number of pyridine rings is 1. The summed E-state index contributed by atoms with van der Waals surface area (Å²) in [4.78, 5) is 15.4. The molecule has 4 nitrogen and oxygen atoms in total. The van der Waals surface area contributed by atoms with Crippen LogP contribution >= 0.6 is 0 Å². The van der Waals surface area contributed by atoms with Gasteiger partial charge in [-0.05, 0) is 47.7 Å². The molecule has 106 valence electrons. The molecule has 1 aromatic carbocycles. The maximum absolute atomic E-state index is 11.2. The molecule has 0 saturated heterocycles. The second-order valence-electron chi connectivity index (χ2n) is 4.92. The lowest BCUT2D eigenvalue weighted by molar-refractivity contribution is 0.0697. The van der Waals surface area contributed by atoms with Gasteiger partial charge in [-0.25, -0.2) is 9.78 Å². The van der Waals surface area contributed by atoms with E-state index in [2.05, 4.69) is 11.1 Å². The number of fused-ring (bicyclic) bond motifs is 1. The van der Waals surface area contributed by atoms with Crippen molar-refractivity contribution in [3.63, 3.8) is 0 Å². The maximum atomic E-state index is 11.2. The van der Waals surface area contributed by atoms with Crippen LogP contribution in [0.1, 0.15) is 33.5 Å². The fraction of sp³-hybridized carbons (Fsp3) is 0.176. The van der Waals surface area contributed by atoms with Crippen molar-refractivity contribution < 1.29 is 14.6 Å². The minimum Gasteiger partial charge on any atom is -0.481 e. The fourth-order valence-corrected chi connectivity index (χ4v) is 2.59. The highest BCUT2D eigenvalue weighted by Gasteiger charge is 2.16. The molecule has 1 aliphatic carbocycles. The van der Waals surface area contributed by atoms with Crippen LogP contribution in [0.5, 0.6) is 5.88 Å². The van der Waals surface area contributed by atoms with E-state index in [0.717, 1.165) is 29.5 Å². The molecule has 0 unspecified atom stereocenters. The minimum atomic E-state index is -0.907. The zero-order valence-electron chi connectivity index (χ0n) is 11.7. The molecule has 1 aromatic heterocycles. The van der Waals surface area contributed by atoms with Crippen molar-refractivity contribution >= 4 is 11.5 Å². The molecule has 1 aliphatic rings. The van der Waals surface area contributed by atoms with Gasteiger partial charge in [-0.15, -0.1) is 0 Å². The summed E-state index contributed by atoms with van der Waals surface area (Å²) in [6.45, 7) is 0. The molecule has 4 heteroatoms. The SMILES string of the molecule is COc1ccc(C2=CCCc3ccc(C(=O)O)cc32)cn1. The molecule has 0 atom stereocenters. The molecule has 0 radical (unpaired) electrons. The van der Waals surface area contributed by atoms with Crippen molar-refractivity contribution in [2.75, 3.05) is 7.11 Å². The lowest BCUT2D eigenvalue weighted by Crippen LogP contribution is -2.05. The van der Waals surface area contributed by atoms with Gasteiger partial charge in [-0.2, -0.15) is 0 Å². The van der Waals surface area contributed by atoms with E-state index in [9.17, 15) is 4.79 Å². The number of ether oxygens (including phenoxy) is 1. The number of aryl methyl sites for hydroxylation is 1. The number of benzene rings is 1. The van der Waals surface area contributed by atoms with E-state index in [1.54, 1.807) is 25.4 Å². The van der Waals surface area contributed by atoms with Crippen LogP contribution < -0.4 is 4.74 Å². The zero-order valence-corrected chi connectivity index (χ0v) is 11.7. The Labute approximate surface area is 122 Å². The number of aromatic nitrogens is 1. The number of allylic oxidation sites excluding steroid dienone is 1. The van der Waals surface area contributed by atoms with Crippen LogP contribution in [0.2, 0.25) is 0 Å². The first-order chi connectivity index (χ1) is 10.2. The summed E-state index contributed by atoms with van der Waals surface area (Å²) in [6, 6.07) is 9.07. The van der Waals surface area contributed by atoms with Gasteiger partial charge in [0, 0.05) is 17.8 Å². The van der Waals surface area contributed by atoms with E-state index in [-0.39, 0.29) is 0 Å². The number of carbonyl (C=O) groups is 1. The average Bonchev–Trinajstić information content (AvgIpc) is 2.54. The normalized spacial score (nSPS) is 13.3. The second-order valence-corrected chi connectivity index (χ2v) is 4.92. The molecule has 21 heavy (non-hydrogen) atoms. The van der Waals surface area contributed by atoms with Gasteiger partial charge in [0.05, 0.1) is 12.7 Å². The molecule has 2 aromatic rings. The predicted molar refractivity (Wildman–Crippen MR) is 79.6 cm³/mol. The number of carboxylic acid groups (broad SMARTS) is 1. The fourth-order valence-electron chi connectivity index (χ4n) is 2.59. The quantitative estimate of drug-likeness (QED) is 0.938. The Morgan fingerprint density at radius 3 is 2.81 bits per heavy atom. The smallest absolute Gasteiger partial charge is 0.335 e. The molecular weight excluding hydrogens is 266 g/mol. The Morgan fingerprint density at radius 1 is 1.29 bits per heavy atom. The van der Waals surface area contributed by atoms with Crippen molar-refractivity contribution in [3.8, 4) is 5.88 Å². The Morgan fingerprint density at radius 2 is 2.14 bits per heavy atom. The summed E-state index contributed by atoms with van der Waals surface area (Å²) >= 11 is 0.